The summed E-state index contributed by atoms with van der Waals surface area (Å²) in [5, 5.41) is 0. The summed E-state index contributed by atoms with van der Waals surface area (Å²) in [6.45, 7) is 2.20. The van der Waals surface area contributed by atoms with Gasteiger partial charge in [0.2, 0.25) is 0 Å². The maximum absolute atomic E-state index is 11.1. The third-order valence-electron chi connectivity index (χ3n) is 2.81. The van der Waals surface area contributed by atoms with Gasteiger partial charge in [-0.2, -0.15) is 0 Å². The molecule has 0 heterocycles. The highest BCUT2D eigenvalue weighted by Gasteiger charge is 2.45. The molecule has 1 saturated carbocycles. The van der Waals surface area contributed by atoms with Gasteiger partial charge in [-0.05, 0) is 17.8 Å². The normalized spacial score (nSPS) is 36.8. The van der Waals surface area contributed by atoms with Gasteiger partial charge in [-0.1, -0.05) is 25.2 Å². The number of hydrogen-bond acceptors (Lipinski definition) is 2. The van der Waals surface area contributed by atoms with Crippen molar-refractivity contribution in [2.75, 3.05) is 7.11 Å². The Labute approximate surface area is 71.9 Å². The highest BCUT2D eigenvalue weighted by atomic mass is 16.5. The Kier molecular flexibility index (Phi) is 1.56. The topological polar surface area (TPSA) is 26.3 Å². The van der Waals surface area contributed by atoms with Crippen molar-refractivity contribution in [2.45, 2.75) is 6.92 Å². The van der Waals surface area contributed by atoms with E-state index in [1.165, 1.54) is 7.11 Å². The zero-order valence-corrected chi connectivity index (χ0v) is 7.28. The van der Waals surface area contributed by atoms with Crippen LogP contribution in [0.2, 0.25) is 0 Å². The fraction of sp³-hybridized carbons (Fsp3) is 0.500. The molecule has 3 atom stereocenters. The lowest BCUT2D eigenvalue weighted by molar-refractivity contribution is -0.135. The predicted molar refractivity (Wildman–Crippen MR) is 45.4 cm³/mol. The van der Waals surface area contributed by atoms with E-state index in [0.29, 0.717) is 23.3 Å². The third kappa shape index (κ3) is 0.986. The van der Waals surface area contributed by atoms with E-state index in [4.69, 9.17) is 0 Å². The van der Waals surface area contributed by atoms with E-state index in [1.807, 2.05) is 12.2 Å². The van der Waals surface area contributed by atoms with Crippen molar-refractivity contribution in [3.05, 3.63) is 23.8 Å². The minimum Gasteiger partial charge on any atom is -0.465 e. The molecule has 64 valence electrons. The first-order valence-electron chi connectivity index (χ1n) is 4.22. The van der Waals surface area contributed by atoms with E-state index in [0.717, 1.165) is 0 Å². The summed E-state index contributed by atoms with van der Waals surface area (Å²) in [6, 6.07) is 0. The van der Waals surface area contributed by atoms with Crippen molar-refractivity contribution < 1.29 is 9.53 Å². The summed E-state index contributed by atoms with van der Waals surface area (Å²) in [5.41, 5.74) is 0.711. The van der Waals surface area contributed by atoms with E-state index in [9.17, 15) is 4.79 Å². The number of allylic oxidation sites excluding steroid dienone is 2. The molecule has 0 aromatic rings. The molecule has 2 rings (SSSR count). The zero-order valence-electron chi connectivity index (χ0n) is 7.28. The average Bonchev–Trinajstić information content (AvgIpc) is 2.76. The average molecular weight is 164 g/mol. The van der Waals surface area contributed by atoms with Crippen molar-refractivity contribution in [3.8, 4) is 0 Å². The molecule has 3 unspecified atom stereocenters. The summed E-state index contributed by atoms with van der Waals surface area (Å²) in [7, 11) is 1.42. The van der Waals surface area contributed by atoms with Crippen LogP contribution in [0.25, 0.3) is 0 Å². The SMILES string of the molecule is COC(=O)C1=CC2C(C)C2C=C1. The number of carbonyl (C=O) groups excluding carboxylic acids is 1. The maximum Gasteiger partial charge on any atom is 0.337 e. The Bertz CT molecular complexity index is 276. The lowest BCUT2D eigenvalue weighted by atomic mass is 10.1. The van der Waals surface area contributed by atoms with E-state index in [1.54, 1.807) is 0 Å². The molecule has 0 bridgehead atoms. The second-order valence-corrected chi connectivity index (χ2v) is 3.49. The Morgan fingerprint density at radius 2 is 2.25 bits per heavy atom. The van der Waals surface area contributed by atoms with Crippen LogP contribution in [0, 0.1) is 17.8 Å². The highest BCUT2D eigenvalue weighted by molar-refractivity contribution is 5.92. The monoisotopic (exact) mass is 164 g/mol. The second kappa shape index (κ2) is 2.47. The number of fused-ring (bicyclic) bond motifs is 1. The van der Waals surface area contributed by atoms with Gasteiger partial charge in [-0.3, -0.25) is 0 Å². The highest BCUT2D eigenvalue weighted by Crippen LogP contribution is 2.50. The van der Waals surface area contributed by atoms with E-state index in [2.05, 4.69) is 17.7 Å². The van der Waals surface area contributed by atoms with Gasteiger partial charge in [0.1, 0.15) is 0 Å². The fourth-order valence-corrected chi connectivity index (χ4v) is 1.82. The van der Waals surface area contributed by atoms with E-state index in [-0.39, 0.29) is 5.97 Å². The van der Waals surface area contributed by atoms with Gasteiger partial charge in [0.25, 0.3) is 0 Å². The molecular formula is C10H12O2. The van der Waals surface area contributed by atoms with Gasteiger partial charge < -0.3 is 4.74 Å². The minimum atomic E-state index is -0.219. The molecule has 1 fully saturated rings. The summed E-state index contributed by atoms with van der Waals surface area (Å²) >= 11 is 0. The molecule has 0 saturated heterocycles. The van der Waals surface area contributed by atoms with Gasteiger partial charge >= 0.3 is 5.97 Å². The van der Waals surface area contributed by atoms with E-state index >= 15 is 0 Å². The van der Waals surface area contributed by atoms with Gasteiger partial charge in [0.15, 0.2) is 0 Å². The number of hydrogen-bond donors (Lipinski definition) is 0. The molecule has 0 amide bonds. The fourth-order valence-electron chi connectivity index (χ4n) is 1.82. The molecule has 0 aromatic heterocycles. The molecule has 0 aromatic carbocycles. The van der Waals surface area contributed by atoms with Crippen LogP contribution in [-0.2, 0) is 9.53 Å². The number of carbonyl (C=O) groups is 1. The van der Waals surface area contributed by atoms with Crippen molar-refractivity contribution >= 4 is 5.97 Å². The first-order chi connectivity index (χ1) is 5.74. The summed E-state index contributed by atoms with van der Waals surface area (Å²) < 4.78 is 4.63. The van der Waals surface area contributed by atoms with Crippen molar-refractivity contribution in [1.82, 2.24) is 0 Å². The smallest absolute Gasteiger partial charge is 0.337 e. The number of esters is 1. The standard InChI is InChI=1S/C10H12O2/c1-6-8-4-3-7(5-9(6)8)10(11)12-2/h3-6,8-9H,1-2H3. The predicted octanol–water partition coefficient (Wildman–Crippen LogP) is 1.54. The van der Waals surface area contributed by atoms with Crippen molar-refractivity contribution in [2.24, 2.45) is 17.8 Å². The van der Waals surface area contributed by atoms with Gasteiger partial charge in [-0.25, -0.2) is 4.79 Å². The molecule has 0 spiro atoms. The first kappa shape index (κ1) is 7.59. The van der Waals surface area contributed by atoms with Crippen LogP contribution < -0.4 is 0 Å². The zero-order chi connectivity index (χ0) is 8.72. The molecular weight excluding hydrogens is 152 g/mol. The van der Waals surface area contributed by atoms with Crippen LogP contribution in [-0.4, -0.2) is 13.1 Å². The van der Waals surface area contributed by atoms with Crippen LogP contribution in [0.4, 0.5) is 0 Å². The van der Waals surface area contributed by atoms with Gasteiger partial charge in [0.05, 0.1) is 12.7 Å². The molecule has 12 heavy (non-hydrogen) atoms. The molecule has 0 radical (unpaired) electrons. The summed E-state index contributed by atoms with van der Waals surface area (Å²) in [4.78, 5) is 11.1. The first-order valence-corrected chi connectivity index (χ1v) is 4.22. The Morgan fingerprint density at radius 3 is 2.83 bits per heavy atom. The molecule has 0 N–H and O–H groups in total. The van der Waals surface area contributed by atoms with Crippen LogP contribution in [0.15, 0.2) is 23.8 Å². The van der Waals surface area contributed by atoms with Crippen LogP contribution in [0.5, 0.6) is 0 Å². The lowest BCUT2D eigenvalue weighted by Gasteiger charge is -2.02. The third-order valence-corrected chi connectivity index (χ3v) is 2.81. The Morgan fingerprint density at radius 1 is 1.50 bits per heavy atom. The Balaban J connectivity index is 2.15. The second-order valence-electron chi connectivity index (χ2n) is 3.49. The minimum absolute atomic E-state index is 0.219. The quantitative estimate of drug-likeness (QED) is 0.549. The van der Waals surface area contributed by atoms with Crippen LogP contribution >= 0.6 is 0 Å². The van der Waals surface area contributed by atoms with Crippen molar-refractivity contribution in [3.63, 3.8) is 0 Å². The van der Waals surface area contributed by atoms with Crippen LogP contribution in [0.1, 0.15) is 6.92 Å². The molecule has 2 nitrogen and oxygen atoms in total. The number of ether oxygens (including phenoxy) is 1. The lowest BCUT2D eigenvalue weighted by Crippen LogP contribution is -2.04. The van der Waals surface area contributed by atoms with Gasteiger partial charge in [0, 0.05) is 0 Å². The van der Waals surface area contributed by atoms with E-state index < -0.39 is 0 Å². The molecule has 2 aliphatic rings. The number of rotatable bonds is 1. The molecule has 0 aliphatic heterocycles. The number of methoxy groups -OCH3 is 1. The summed E-state index contributed by atoms with van der Waals surface area (Å²) in [6.07, 6.45) is 6.01. The Hall–Kier alpha value is -1.05. The van der Waals surface area contributed by atoms with Crippen molar-refractivity contribution in [1.29, 1.82) is 0 Å². The summed E-state index contributed by atoms with van der Waals surface area (Å²) in [5.74, 6) is 1.76. The molecule has 2 heteroatoms. The molecule has 2 aliphatic carbocycles. The largest absolute Gasteiger partial charge is 0.465 e. The van der Waals surface area contributed by atoms with Crippen LogP contribution in [0.3, 0.4) is 0 Å². The van der Waals surface area contributed by atoms with Gasteiger partial charge in [-0.15, -0.1) is 0 Å². The maximum atomic E-state index is 11.1.